The normalized spacial score (nSPS) is 20.1. The number of anilines is 2. The minimum Gasteiger partial charge on any atom is -0.273 e. The molecule has 0 radical (unpaired) electrons. The van der Waals surface area contributed by atoms with Gasteiger partial charge in [-0.05, 0) is 42.0 Å². The molecule has 2 amide bonds. The van der Waals surface area contributed by atoms with E-state index in [1.807, 2.05) is 36.4 Å². The third kappa shape index (κ3) is 2.96. The Bertz CT molecular complexity index is 1210. The van der Waals surface area contributed by atoms with Crippen LogP contribution in [0.4, 0.5) is 17.1 Å². The largest absolute Gasteiger partial charge is 0.273 e. The van der Waals surface area contributed by atoms with Crippen LogP contribution < -0.4 is 9.91 Å². The maximum Gasteiger partial charge on any atom is 0.269 e. The molecule has 2 atom stereocenters. The summed E-state index contributed by atoms with van der Waals surface area (Å²) in [6.45, 7) is 0. The van der Waals surface area contributed by atoms with Gasteiger partial charge in [-0.1, -0.05) is 36.4 Å². The molecule has 0 aliphatic carbocycles. The number of non-ortho nitro benzene ring substituents is 1. The van der Waals surface area contributed by atoms with E-state index in [4.69, 9.17) is 0 Å². The van der Waals surface area contributed by atoms with Crippen LogP contribution in [0.25, 0.3) is 0 Å². The molecule has 2 heterocycles. The van der Waals surface area contributed by atoms with Crippen molar-refractivity contribution in [2.24, 2.45) is 11.0 Å². The van der Waals surface area contributed by atoms with Gasteiger partial charge in [0, 0.05) is 12.1 Å². The summed E-state index contributed by atoms with van der Waals surface area (Å²) in [7, 11) is 0. The topological polar surface area (TPSA) is 96.1 Å². The Morgan fingerprint density at radius 3 is 1.94 bits per heavy atom. The molecule has 1 saturated heterocycles. The highest BCUT2D eigenvalue weighted by molar-refractivity contribution is 6.34. The molecule has 152 valence electrons. The number of benzene rings is 3. The number of nitrogens with zero attached hydrogens (tertiary/aromatic N) is 4. The van der Waals surface area contributed by atoms with Gasteiger partial charge in [0.15, 0.2) is 0 Å². The molecule has 0 spiro atoms. The number of fused-ring (bicyclic) bond motifs is 1. The third-order valence-electron chi connectivity index (χ3n) is 5.46. The number of nitro groups is 1. The van der Waals surface area contributed by atoms with Gasteiger partial charge in [-0.2, -0.15) is 5.10 Å². The average Bonchev–Trinajstić information content (AvgIpc) is 3.32. The number of carbonyl (C=O) groups is 2. The fourth-order valence-electron chi connectivity index (χ4n) is 4.03. The Morgan fingerprint density at radius 1 is 0.774 bits per heavy atom. The third-order valence-corrected chi connectivity index (χ3v) is 5.46. The van der Waals surface area contributed by atoms with Crippen LogP contribution in [0.2, 0.25) is 0 Å². The van der Waals surface area contributed by atoms with Crippen molar-refractivity contribution in [1.29, 1.82) is 0 Å². The molecule has 3 aromatic rings. The van der Waals surface area contributed by atoms with Gasteiger partial charge in [0.05, 0.1) is 22.0 Å². The summed E-state index contributed by atoms with van der Waals surface area (Å²) in [5.74, 6) is -1.53. The molecule has 2 aliphatic rings. The number of carbonyl (C=O) groups excluding carboxylic acids is 2. The van der Waals surface area contributed by atoms with Crippen LogP contribution in [-0.2, 0) is 9.59 Å². The molecule has 3 aromatic carbocycles. The zero-order chi connectivity index (χ0) is 21.5. The summed E-state index contributed by atoms with van der Waals surface area (Å²) >= 11 is 0. The number of imide groups is 1. The van der Waals surface area contributed by atoms with E-state index in [1.54, 1.807) is 41.4 Å². The van der Waals surface area contributed by atoms with E-state index in [1.165, 1.54) is 17.0 Å². The Labute approximate surface area is 177 Å². The predicted molar refractivity (Wildman–Crippen MR) is 115 cm³/mol. The number of hydrazone groups is 1. The van der Waals surface area contributed by atoms with E-state index in [0.717, 1.165) is 0 Å². The highest BCUT2D eigenvalue weighted by atomic mass is 16.6. The SMILES string of the molecule is O=C1[C@H]2C(c3ccc([N+](=O)[O-])cc3)=NN(c3ccccc3)[C@H]2C(=O)N1c1ccccc1. The first-order valence-corrected chi connectivity index (χ1v) is 9.67. The lowest BCUT2D eigenvalue weighted by Gasteiger charge is -2.22. The van der Waals surface area contributed by atoms with Crippen LogP contribution in [0.5, 0.6) is 0 Å². The highest BCUT2D eigenvalue weighted by Crippen LogP contribution is 2.39. The lowest BCUT2D eigenvalue weighted by atomic mass is 9.92. The second-order valence-corrected chi connectivity index (χ2v) is 7.24. The first-order valence-electron chi connectivity index (χ1n) is 9.67. The minimum absolute atomic E-state index is 0.0569. The summed E-state index contributed by atoms with van der Waals surface area (Å²) in [6, 6.07) is 23.0. The molecule has 2 aliphatic heterocycles. The van der Waals surface area contributed by atoms with E-state index in [9.17, 15) is 19.7 Å². The van der Waals surface area contributed by atoms with Crippen LogP contribution >= 0.6 is 0 Å². The van der Waals surface area contributed by atoms with E-state index in [-0.39, 0.29) is 17.5 Å². The maximum absolute atomic E-state index is 13.4. The van der Waals surface area contributed by atoms with Crippen molar-refractivity contribution in [1.82, 2.24) is 0 Å². The summed E-state index contributed by atoms with van der Waals surface area (Å²) in [5, 5.41) is 17.2. The molecular formula is C23H16N4O4. The van der Waals surface area contributed by atoms with Crippen molar-refractivity contribution in [3.63, 3.8) is 0 Å². The van der Waals surface area contributed by atoms with Crippen molar-refractivity contribution < 1.29 is 14.5 Å². The Kier molecular flexibility index (Phi) is 4.32. The van der Waals surface area contributed by atoms with E-state index in [0.29, 0.717) is 22.6 Å². The van der Waals surface area contributed by atoms with Crippen LogP contribution in [-0.4, -0.2) is 28.5 Å². The van der Waals surface area contributed by atoms with E-state index >= 15 is 0 Å². The van der Waals surface area contributed by atoms with Gasteiger partial charge in [0.25, 0.3) is 11.6 Å². The number of rotatable bonds is 4. The quantitative estimate of drug-likeness (QED) is 0.372. The number of hydrogen-bond acceptors (Lipinski definition) is 6. The van der Waals surface area contributed by atoms with Gasteiger partial charge in [-0.25, -0.2) is 4.90 Å². The molecule has 0 bridgehead atoms. The molecule has 0 aromatic heterocycles. The molecule has 0 unspecified atom stereocenters. The summed E-state index contributed by atoms with van der Waals surface area (Å²) in [4.78, 5) is 38.5. The monoisotopic (exact) mass is 412 g/mol. The summed E-state index contributed by atoms with van der Waals surface area (Å²) < 4.78 is 0. The fourth-order valence-corrected chi connectivity index (χ4v) is 4.03. The molecule has 1 fully saturated rings. The van der Waals surface area contributed by atoms with Gasteiger partial charge >= 0.3 is 0 Å². The number of para-hydroxylation sites is 2. The number of amides is 2. The maximum atomic E-state index is 13.4. The summed E-state index contributed by atoms with van der Waals surface area (Å²) in [6.07, 6.45) is 0. The number of hydrogen-bond donors (Lipinski definition) is 0. The second-order valence-electron chi connectivity index (χ2n) is 7.24. The zero-order valence-electron chi connectivity index (χ0n) is 16.2. The van der Waals surface area contributed by atoms with Crippen molar-refractivity contribution in [3.8, 4) is 0 Å². The molecular weight excluding hydrogens is 396 g/mol. The lowest BCUT2D eigenvalue weighted by Crippen LogP contribution is -2.39. The van der Waals surface area contributed by atoms with Gasteiger partial charge in [-0.3, -0.25) is 24.7 Å². The van der Waals surface area contributed by atoms with Crippen molar-refractivity contribution >= 4 is 34.6 Å². The standard InChI is InChI=1S/C23H16N4O4/c28-22-19-20(15-11-13-18(14-12-15)27(30)31)24-26(17-9-5-2-6-10-17)21(19)23(29)25(22)16-7-3-1-4-8-16/h1-14,19,21H/t19-,21+/m0/s1. The first-order chi connectivity index (χ1) is 15.1. The van der Waals surface area contributed by atoms with Crippen molar-refractivity contribution in [2.45, 2.75) is 6.04 Å². The van der Waals surface area contributed by atoms with Crippen LogP contribution in [0.15, 0.2) is 90.0 Å². The smallest absolute Gasteiger partial charge is 0.269 e. The van der Waals surface area contributed by atoms with Gasteiger partial charge in [-0.15, -0.1) is 0 Å². The van der Waals surface area contributed by atoms with Crippen LogP contribution in [0.1, 0.15) is 5.56 Å². The molecule has 0 saturated carbocycles. The molecule has 8 nitrogen and oxygen atoms in total. The van der Waals surface area contributed by atoms with Gasteiger partial charge in [0.2, 0.25) is 5.91 Å². The molecule has 31 heavy (non-hydrogen) atoms. The highest BCUT2D eigenvalue weighted by Gasteiger charge is 2.57. The Hall–Kier alpha value is -4.33. The van der Waals surface area contributed by atoms with Crippen LogP contribution in [0.3, 0.4) is 0 Å². The second kappa shape index (κ2) is 7.17. The van der Waals surface area contributed by atoms with E-state index in [2.05, 4.69) is 5.10 Å². The van der Waals surface area contributed by atoms with Crippen molar-refractivity contribution in [2.75, 3.05) is 9.91 Å². The fraction of sp³-hybridized carbons (Fsp3) is 0.0870. The van der Waals surface area contributed by atoms with Gasteiger partial charge in [0.1, 0.15) is 12.0 Å². The molecule has 5 rings (SSSR count). The predicted octanol–water partition coefficient (Wildman–Crippen LogP) is 3.38. The minimum atomic E-state index is -0.819. The van der Waals surface area contributed by atoms with Gasteiger partial charge < -0.3 is 0 Å². The summed E-state index contributed by atoms with van der Waals surface area (Å²) in [5.41, 5.74) is 2.11. The van der Waals surface area contributed by atoms with E-state index < -0.39 is 16.9 Å². The lowest BCUT2D eigenvalue weighted by molar-refractivity contribution is -0.384. The van der Waals surface area contributed by atoms with Crippen molar-refractivity contribution in [3.05, 3.63) is 101 Å². The first kappa shape index (κ1) is 18.7. The van der Waals surface area contributed by atoms with Crippen LogP contribution in [0, 0.1) is 16.0 Å². The average molecular weight is 412 g/mol. The number of nitro benzene ring substituents is 1. The Balaban J connectivity index is 1.62. The zero-order valence-corrected chi connectivity index (χ0v) is 16.2. The molecule has 0 N–H and O–H groups in total. The Morgan fingerprint density at radius 2 is 1.35 bits per heavy atom. The molecule has 8 heteroatoms.